The van der Waals surface area contributed by atoms with Crippen LogP contribution in [0.5, 0.6) is 0 Å². The predicted molar refractivity (Wildman–Crippen MR) is 86.3 cm³/mol. The lowest BCUT2D eigenvalue weighted by Crippen LogP contribution is -2.34. The summed E-state index contributed by atoms with van der Waals surface area (Å²) < 4.78 is 69.6. The van der Waals surface area contributed by atoms with E-state index in [9.17, 15) is 17.6 Å². The Morgan fingerprint density at radius 2 is 2.35 bits per heavy atom. The monoisotopic (exact) mass is 364 g/mol. The molecule has 0 saturated carbocycles. The molecule has 0 spiro atoms. The highest BCUT2D eigenvalue weighted by atomic mass is 35.5. The standard InChI is InChI=1S/C15H17ClFNO4S/c1-2-22-15(19)11-5-3-4-6-14(11)23(20,21)18-13-8-7-10(17)9-12(13)16/h5,7-9,14,18H,2-4,6H2,1H3/i3D2,14D. The smallest absolute Gasteiger partial charge is 0.335 e. The van der Waals surface area contributed by atoms with Crippen LogP contribution in [0.4, 0.5) is 10.1 Å². The molecule has 1 aliphatic carbocycles. The van der Waals surface area contributed by atoms with Gasteiger partial charge in [-0.25, -0.2) is 17.6 Å². The number of carbonyl (C=O) groups excluding carboxylic acids is 1. The minimum atomic E-state index is -4.56. The molecule has 1 aromatic carbocycles. The van der Waals surface area contributed by atoms with Crippen LogP contribution in [0.15, 0.2) is 29.8 Å². The molecule has 5 nitrogen and oxygen atoms in total. The van der Waals surface area contributed by atoms with Gasteiger partial charge in [-0.1, -0.05) is 17.7 Å². The quantitative estimate of drug-likeness (QED) is 0.814. The first-order chi connectivity index (χ1) is 11.9. The van der Waals surface area contributed by atoms with Gasteiger partial charge in [0.2, 0.25) is 10.0 Å². The lowest BCUT2D eigenvalue weighted by Gasteiger charge is -2.24. The summed E-state index contributed by atoms with van der Waals surface area (Å²) in [5, 5.41) is -2.70. The molecular formula is C15H17ClFNO4S. The average Bonchev–Trinajstić information content (AvgIpc) is 2.52. The van der Waals surface area contributed by atoms with Crippen LogP contribution in [0.1, 0.15) is 30.3 Å². The number of rotatable bonds is 5. The van der Waals surface area contributed by atoms with E-state index >= 15 is 0 Å². The van der Waals surface area contributed by atoms with Gasteiger partial charge in [0.1, 0.15) is 11.0 Å². The predicted octanol–water partition coefficient (Wildman–Crippen LogP) is 3.26. The molecule has 0 fully saturated rings. The molecule has 2 rings (SSSR count). The highest BCUT2D eigenvalue weighted by Crippen LogP contribution is 2.30. The summed E-state index contributed by atoms with van der Waals surface area (Å²) >= 11 is 5.82. The van der Waals surface area contributed by atoms with E-state index in [4.69, 9.17) is 20.5 Å². The SMILES string of the molecule is [2H]C1([2H])C=C(C(=O)OCC)C([2H])(S(=O)(=O)Nc2ccc(F)cc2Cl)CC1. The number of hydrogen-bond donors (Lipinski definition) is 1. The summed E-state index contributed by atoms with van der Waals surface area (Å²) in [7, 11) is -4.56. The molecule has 1 unspecified atom stereocenters. The fourth-order valence-corrected chi connectivity index (χ4v) is 3.68. The molecule has 8 heteroatoms. The van der Waals surface area contributed by atoms with Crippen molar-refractivity contribution < 1.29 is 26.5 Å². The van der Waals surface area contributed by atoms with Gasteiger partial charge in [0, 0.05) is 2.74 Å². The van der Waals surface area contributed by atoms with Crippen LogP contribution in [0.2, 0.25) is 5.02 Å². The molecule has 0 saturated heterocycles. The Kier molecular flexibility index (Phi) is 4.39. The molecule has 1 aliphatic rings. The van der Waals surface area contributed by atoms with E-state index in [-0.39, 0.29) is 23.7 Å². The van der Waals surface area contributed by atoms with Gasteiger partial charge in [-0.15, -0.1) is 0 Å². The van der Waals surface area contributed by atoms with Crippen LogP contribution in [0.3, 0.4) is 0 Å². The fourth-order valence-electron chi connectivity index (χ4n) is 2.01. The first kappa shape index (κ1) is 13.8. The largest absolute Gasteiger partial charge is 0.463 e. The summed E-state index contributed by atoms with van der Waals surface area (Å²) in [6, 6.07) is 2.98. The number of anilines is 1. The molecule has 0 amide bonds. The topological polar surface area (TPSA) is 72.5 Å². The molecule has 0 radical (unpaired) electrons. The minimum Gasteiger partial charge on any atom is -0.463 e. The Morgan fingerprint density at radius 1 is 1.61 bits per heavy atom. The number of sulfonamides is 1. The van der Waals surface area contributed by atoms with Gasteiger partial charge < -0.3 is 4.74 Å². The maximum Gasteiger partial charge on any atom is 0.335 e. The molecule has 1 N–H and O–H groups in total. The molecule has 23 heavy (non-hydrogen) atoms. The third-order valence-corrected chi connectivity index (χ3v) is 4.91. The molecule has 0 aliphatic heterocycles. The van der Waals surface area contributed by atoms with E-state index in [0.29, 0.717) is 0 Å². The fraction of sp³-hybridized carbons (Fsp3) is 0.400. The average molecular weight is 365 g/mol. The zero-order valence-electron chi connectivity index (χ0n) is 15.2. The van der Waals surface area contributed by atoms with Gasteiger partial charge in [-0.2, -0.15) is 0 Å². The number of carbonyl (C=O) groups is 1. The van der Waals surface area contributed by atoms with Crippen molar-refractivity contribution >= 4 is 33.3 Å². The number of hydrogen-bond acceptors (Lipinski definition) is 4. The van der Waals surface area contributed by atoms with E-state index in [0.717, 1.165) is 24.3 Å². The third kappa shape index (κ3) is 4.23. The van der Waals surface area contributed by atoms with Crippen LogP contribution in [-0.4, -0.2) is 26.2 Å². The van der Waals surface area contributed by atoms with Crippen molar-refractivity contribution in [2.45, 2.75) is 31.4 Å². The molecular weight excluding hydrogens is 345 g/mol. The van der Waals surface area contributed by atoms with Crippen molar-refractivity contribution in [3.8, 4) is 0 Å². The molecule has 0 heterocycles. The van der Waals surface area contributed by atoms with Crippen molar-refractivity contribution in [2.75, 3.05) is 11.3 Å². The van der Waals surface area contributed by atoms with Crippen molar-refractivity contribution in [1.82, 2.24) is 0 Å². The maximum absolute atomic E-state index is 13.1. The van der Waals surface area contributed by atoms with E-state index in [1.54, 1.807) is 0 Å². The lowest BCUT2D eigenvalue weighted by molar-refractivity contribution is -0.138. The normalized spacial score (nSPS) is 25.5. The van der Waals surface area contributed by atoms with Gasteiger partial charge in [-0.05, 0) is 44.3 Å². The van der Waals surface area contributed by atoms with Crippen LogP contribution >= 0.6 is 11.6 Å². The second-order valence-corrected chi connectivity index (χ2v) is 6.75. The van der Waals surface area contributed by atoms with E-state index in [2.05, 4.69) is 4.72 Å². The first-order valence-electron chi connectivity index (χ1n) is 8.30. The maximum atomic E-state index is 13.1. The van der Waals surface area contributed by atoms with Gasteiger partial charge in [0.25, 0.3) is 0 Å². The van der Waals surface area contributed by atoms with Crippen molar-refractivity contribution in [3.63, 3.8) is 0 Å². The van der Waals surface area contributed by atoms with Gasteiger partial charge in [0.15, 0.2) is 0 Å². The summed E-state index contributed by atoms with van der Waals surface area (Å²) in [6.45, 7) is 1.44. The Bertz CT molecular complexity index is 862. The molecule has 1 atom stereocenters. The van der Waals surface area contributed by atoms with Crippen LogP contribution in [-0.2, 0) is 19.6 Å². The van der Waals surface area contributed by atoms with Crippen molar-refractivity contribution in [1.29, 1.82) is 0 Å². The Morgan fingerprint density at radius 3 is 3.00 bits per heavy atom. The van der Waals surface area contributed by atoms with E-state index in [1.165, 1.54) is 6.92 Å². The second kappa shape index (κ2) is 7.31. The molecule has 0 bridgehead atoms. The molecule has 126 valence electrons. The highest BCUT2D eigenvalue weighted by Gasteiger charge is 2.35. The number of nitrogens with one attached hydrogen (secondary N) is 1. The Labute approximate surface area is 143 Å². The summed E-state index contributed by atoms with van der Waals surface area (Å²) in [6.07, 6.45) is -1.89. The molecule has 0 aromatic heterocycles. The number of benzene rings is 1. The van der Waals surface area contributed by atoms with Crippen molar-refractivity contribution in [2.24, 2.45) is 0 Å². The lowest BCUT2D eigenvalue weighted by atomic mass is 9.99. The number of allylic oxidation sites excluding steroid dienone is 1. The number of ether oxygens (including phenoxy) is 1. The van der Waals surface area contributed by atoms with Gasteiger partial charge in [0.05, 0.1) is 24.3 Å². The Hall–Kier alpha value is -1.60. The van der Waals surface area contributed by atoms with Crippen LogP contribution < -0.4 is 4.72 Å². The second-order valence-electron chi connectivity index (χ2n) is 4.64. The number of esters is 1. The first-order valence-corrected chi connectivity index (χ1v) is 8.66. The number of halogens is 2. The third-order valence-electron chi connectivity index (χ3n) is 3.04. The van der Waals surface area contributed by atoms with E-state index in [1.807, 2.05) is 0 Å². The highest BCUT2D eigenvalue weighted by molar-refractivity contribution is 7.93. The zero-order chi connectivity index (χ0) is 19.8. The van der Waals surface area contributed by atoms with E-state index < -0.39 is 45.4 Å². The minimum absolute atomic E-state index is 0.0630. The van der Waals surface area contributed by atoms with Crippen LogP contribution in [0.25, 0.3) is 0 Å². The zero-order valence-corrected chi connectivity index (χ0v) is 13.8. The Balaban J connectivity index is 2.49. The summed E-state index contributed by atoms with van der Waals surface area (Å²) in [4.78, 5) is 12.2. The summed E-state index contributed by atoms with van der Waals surface area (Å²) in [5.41, 5.74) is -0.766. The summed E-state index contributed by atoms with van der Waals surface area (Å²) in [5.74, 6) is -1.75. The van der Waals surface area contributed by atoms with Gasteiger partial charge in [-0.3, -0.25) is 4.72 Å². The molecule has 1 aromatic rings. The van der Waals surface area contributed by atoms with Crippen molar-refractivity contribution in [3.05, 3.63) is 40.7 Å². The van der Waals surface area contributed by atoms with Crippen LogP contribution in [0, 0.1) is 5.82 Å². The van der Waals surface area contributed by atoms with Gasteiger partial charge >= 0.3 is 5.97 Å².